The number of nitrogens with zero attached hydrogens (tertiary/aromatic N) is 2. The van der Waals surface area contributed by atoms with Gasteiger partial charge in [-0.3, -0.25) is 9.59 Å². The Hall–Kier alpha value is -2.38. The minimum Gasteiger partial charge on any atom is -0.330 e. The third-order valence-corrected chi connectivity index (χ3v) is 8.34. The van der Waals surface area contributed by atoms with Crippen molar-refractivity contribution in [2.24, 2.45) is 0 Å². The minimum absolute atomic E-state index is 0.102. The van der Waals surface area contributed by atoms with Gasteiger partial charge in [0.15, 0.2) is 0 Å². The highest BCUT2D eigenvalue weighted by molar-refractivity contribution is 7.18. The molecule has 1 saturated carbocycles. The van der Waals surface area contributed by atoms with E-state index in [2.05, 4.69) is 48.6 Å². The molecule has 0 atom stereocenters. The van der Waals surface area contributed by atoms with Gasteiger partial charge in [-0.15, -0.1) is 11.3 Å². The number of benzene rings is 2. The van der Waals surface area contributed by atoms with Crippen LogP contribution in [0.4, 0.5) is 5.69 Å². The van der Waals surface area contributed by atoms with Gasteiger partial charge in [-0.25, -0.2) is 0 Å². The Morgan fingerprint density at radius 1 is 1.14 bits per heavy atom. The van der Waals surface area contributed by atoms with E-state index in [1.807, 2.05) is 11.0 Å². The molecule has 8 heteroatoms. The Balaban J connectivity index is 1.34. The number of carbonyl (C=O) groups is 2. The highest BCUT2D eigenvalue weighted by Gasteiger charge is 2.43. The van der Waals surface area contributed by atoms with Crippen molar-refractivity contribution in [3.05, 3.63) is 85.0 Å². The quantitative estimate of drug-likeness (QED) is 0.366. The van der Waals surface area contributed by atoms with Crippen LogP contribution in [0.25, 0.3) is 0 Å². The maximum atomic E-state index is 13.4. The molecule has 182 valence electrons. The van der Waals surface area contributed by atoms with Gasteiger partial charge in [0.05, 0.1) is 20.5 Å². The minimum atomic E-state index is -0.308. The number of amides is 2. The molecule has 1 aromatic heterocycles. The molecule has 2 amide bonds. The number of thiophene rings is 1. The maximum absolute atomic E-state index is 13.4. The molecule has 5 nitrogen and oxygen atoms in total. The van der Waals surface area contributed by atoms with Gasteiger partial charge in [-0.2, -0.15) is 0 Å². The molecule has 1 fully saturated rings. The molecule has 2 aromatic carbocycles. The topological polar surface area (TPSA) is 52.6 Å². The van der Waals surface area contributed by atoms with Crippen LogP contribution in [0, 0.1) is 0 Å². The molecule has 1 aliphatic heterocycles. The Morgan fingerprint density at radius 2 is 1.94 bits per heavy atom. The molecular formula is C27H27Cl2N3O2S. The summed E-state index contributed by atoms with van der Waals surface area (Å²) in [6, 6.07) is 15.4. The van der Waals surface area contributed by atoms with E-state index in [1.165, 1.54) is 29.7 Å². The number of fused-ring (bicyclic) bond motifs is 1. The van der Waals surface area contributed by atoms with E-state index in [0.717, 1.165) is 24.1 Å². The van der Waals surface area contributed by atoms with Gasteiger partial charge in [0, 0.05) is 18.1 Å². The molecule has 0 bridgehead atoms. The summed E-state index contributed by atoms with van der Waals surface area (Å²) in [5, 5.41) is 3.35. The van der Waals surface area contributed by atoms with Crippen molar-refractivity contribution in [3.63, 3.8) is 0 Å². The van der Waals surface area contributed by atoms with Crippen LogP contribution in [-0.2, 0) is 18.5 Å². The molecule has 1 N–H and O–H groups in total. The fourth-order valence-corrected chi connectivity index (χ4v) is 5.99. The number of hydrogen-bond donors (Lipinski definition) is 1. The second-order valence-electron chi connectivity index (χ2n) is 9.74. The zero-order chi connectivity index (χ0) is 24.7. The number of carbonyl (C=O) groups excluding carboxylic acids is 2. The van der Waals surface area contributed by atoms with Gasteiger partial charge < -0.3 is 15.1 Å². The molecule has 0 spiro atoms. The van der Waals surface area contributed by atoms with E-state index in [0.29, 0.717) is 38.6 Å². The van der Waals surface area contributed by atoms with E-state index in [9.17, 15) is 9.59 Å². The van der Waals surface area contributed by atoms with Crippen molar-refractivity contribution in [3.8, 4) is 0 Å². The van der Waals surface area contributed by atoms with Crippen molar-refractivity contribution < 1.29 is 9.59 Å². The van der Waals surface area contributed by atoms with Crippen LogP contribution >= 0.6 is 34.5 Å². The van der Waals surface area contributed by atoms with Gasteiger partial charge in [0.2, 0.25) is 0 Å². The molecule has 35 heavy (non-hydrogen) atoms. The SMILES string of the molecule is CN(C)CCC1(c2cccc(CN3Cc4cc(Cl)cc(NC(=O)c5ccc(Cl)s5)c4C3=O)c2)CC1. The van der Waals surface area contributed by atoms with Crippen LogP contribution in [0.5, 0.6) is 0 Å². The van der Waals surface area contributed by atoms with Gasteiger partial charge in [0.25, 0.3) is 11.8 Å². The average molecular weight is 529 g/mol. The van der Waals surface area contributed by atoms with Crippen LogP contribution in [-0.4, -0.2) is 42.3 Å². The first kappa shape index (κ1) is 24.3. The summed E-state index contributed by atoms with van der Waals surface area (Å²) in [7, 11) is 4.23. The van der Waals surface area contributed by atoms with E-state index in [4.69, 9.17) is 23.2 Å². The van der Waals surface area contributed by atoms with Crippen molar-refractivity contribution in [2.45, 2.75) is 37.8 Å². The summed E-state index contributed by atoms with van der Waals surface area (Å²) in [5.41, 5.74) is 4.52. The first-order chi connectivity index (χ1) is 16.7. The standard InChI is InChI=1S/C27H27Cl2N3O2S/c1-31(2)11-10-27(8-9-27)19-5-3-4-17(12-19)15-32-16-18-13-20(28)14-21(24(18)26(32)34)30-25(33)22-6-7-23(29)35-22/h3-7,12-14H,8-11,15-16H2,1-2H3,(H,30,33). The summed E-state index contributed by atoms with van der Waals surface area (Å²) < 4.78 is 0.533. The summed E-state index contributed by atoms with van der Waals surface area (Å²) in [6.07, 6.45) is 3.58. The molecule has 0 unspecified atom stereocenters. The molecule has 2 aliphatic rings. The van der Waals surface area contributed by atoms with E-state index < -0.39 is 0 Å². The zero-order valence-corrected chi connectivity index (χ0v) is 22.1. The number of halogens is 2. The predicted octanol–water partition coefficient (Wildman–Crippen LogP) is 6.45. The van der Waals surface area contributed by atoms with Crippen molar-refractivity contribution in [1.82, 2.24) is 9.80 Å². The summed E-state index contributed by atoms with van der Waals surface area (Å²) in [6.45, 7) is 2.03. The Labute approximate surface area is 219 Å². The maximum Gasteiger partial charge on any atom is 0.265 e. The fraction of sp³-hybridized carbons (Fsp3) is 0.333. The van der Waals surface area contributed by atoms with Gasteiger partial charge in [-0.1, -0.05) is 47.5 Å². The van der Waals surface area contributed by atoms with Crippen molar-refractivity contribution >= 4 is 52.0 Å². The number of hydrogen-bond acceptors (Lipinski definition) is 4. The molecule has 0 saturated heterocycles. The lowest BCUT2D eigenvalue weighted by atomic mass is 9.91. The number of anilines is 1. The largest absolute Gasteiger partial charge is 0.330 e. The lowest BCUT2D eigenvalue weighted by molar-refractivity contribution is 0.0767. The van der Waals surface area contributed by atoms with E-state index in [1.54, 1.807) is 18.2 Å². The third kappa shape index (κ3) is 5.12. The Kier molecular flexibility index (Phi) is 6.66. The second-order valence-corrected chi connectivity index (χ2v) is 11.9. The first-order valence-electron chi connectivity index (χ1n) is 11.7. The first-order valence-corrected chi connectivity index (χ1v) is 13.2. The molecule has 3 aromatic rings. The smallest absolute Gasteiger partial charge is 0.265 e. The fourth-order valence-electron chi connectivity index (χ4n) is 4.81. The normalized spacial score (nSPS) is 16.0. The van der Waals surface area contributed by atoms with Crippen molar-refractivity contribution in [1.29, 1.82) is 0 Å². The van der Waals surface area contributed by atoms with Crippen LogP contribution in [0.15, 0.2) is 48.5 Å². The van der Waals surface area contributed by atoms with Crippen molar-refractivity contribution in [2.75, 3.05) is 26.0 Å². The highest BCUT2D eigenvalue weighted by Crippen LogP contribution is 2.51. The molecular weight excluding hydrogens is 501 g/mol. The van der Waals surface area contributed by atoms with Crippen LogP contribution in [0.3, 0.4) is 0 Å². The van der Waals surface area contributed by atoms with Gasteiger partial charge >= 0.3 is 0 Å². The van der Waals surface area contributed by atoms with Crippen LogP contribution in [0.2, 0.25) is 9.36 Å². The lowest BCUT2D eigenvalue weighted by Gasteiger charge is -2.21. The van der Waals surface area contributed by atoms with E-state index in [-0.39, 0.29) is 17.2 Å². The summed E-state index contributed by atoms with van der Waals surface area (Å²) in [5.74, 6) is -0.409. The highest BCUT2D eigenvalue weighted by atomic mass is 35.5. The van der Waals surface area contributed by atoms with Crippen LogP contribution in [0.1, 0.15) is 56.0 Å². The summed E-state index contributed by atoms with van der Waals surface area (Å²) >= 11 is 13.5. The average Bonchev–Trinajstić information content (AvgIpc) is 3.38. The molecule has 2 heterocycles. The Morgan fingerprint density at radius 3 is 2.63 bits per heavy atom. The number of nitrogens with one attached hydrogen (secondary N) is 1. The molecule has 0 radical (unpaired) electrons. The number of rotatable bonds is 8. The Bertz CT molecular complexity index is 1300. The zero-order valence-electron chi connectivity index (χ0n) is 19.7. The van der Waals surface area contributed by atoms with Gasteiger partial charge in [-0.05, 0) is 86.3 Å². The van der Waals surface area contributed by atoms with Crippen LogP contribution < -0.4 is 5.32 Å². The third-order valence-electron chi connectivity index (χ3n) is 6.90. The monoisotopic (exact) mass is 527 g/mol. The lowest BCUT2D eigenvalue weighted by Crippen LogP contribution is -2.24. The van der Waals surface area contributed by atoms with Gasteiger partial charge in [0.1, 0.15) is 0 Å². The summed E-state index contributed by atoms with van der Waals surface area (Å²) in [4.78, 5) is 30.7. The molecule has 1 aliphatic carbocycles. The predicted molar refractivity (Wildman–Crippen MR) is 143 cm³/mol. The van der Waals surface area contributed by atoms with E-state index >= 15 is 0 Å². The molecule has 5 rings (SSSR count). The second kappa shape index (κ2) is 9.58.